The van der Waals surface area contributed by atoms with Crippen LogP contribution in [-0.4, -0.2) is 30.9 Å². The third kappa shape index (κ3) is 4.13. The lowest BCUT2D eigenvalue weighted by molar-refractivity contribution is -0.122. The van der Waals surface area contributed by atoms with Crippen molar-refractivity contribution >= 4 is 35.3 Å². The molecule has 1 N–H and O–H groups in total. The van der Waals surface area contributed by atoms with Gasteiger partial charge in [0.2, 0.25) is 0 Å². The Morgan fingerprint density at radius 2 is 1.57 bits per heavy atom. The first-order valence-electron chi connectivity index (χ1n) is 10.4. The van der Waals surface area contributed by atoms with E-state index in [1.807, 2.05) is 37.3 Å². The monoisotopic (exact) mass is 403 g/mol. The molecule has 0 spiro atoms. The number of hydrogen-bond donors (Lipinski definition) is 1. The van der Waals surface area contributed by atoms with Gasteiger partial charge in [-0.3, -0.25) is 14.9 Å². The van der Waals surface area contributed by atoms with E-state index in [0.29, 0.717) is 5.69 Å². The minimum atomic E-state index is -0.732. The number of urea groups is 1. The van der Waals surface area contributed by atoms with Crippen LogP contribution >= 0.6 is 0 Å². The standard InChI is InChI=1S/C24H25N3O3/c1-17-7-6-8-20(15-17)27-23(29)21(22(28)25-24(27)30)16-18-9-11-19(12-10-18)26-13-4-2-3-5-14-26/h6-12,15-16H,2-5,13-14H2,1H3,(H,25,28,30)/b21-16-. The van der Waals surface area contributed by atoms with Crippen molar-refractivity contribution in [3.8, 4) is 0 Å². The van der Waals surface area contributed by atoms with Crippen LogP contribution < -0.4 is 15.1 Å². The molecule has 2 saturated heterocycles. The van der Waals surface area contributed by atoms with Crippen LogP contribution in [-0.2, 0) is 9.59 Å². The van der Waals surface area contributed by atoms with Crippen molar-refractivity contribution in [1.82, 2.24) is 5.32 Å². The Balaban J connectivity index is 1.59. The molecule has 2 aliphatic rings. The molecule has 2 aromatic carbocycles. The van der Waals surface area contributed by atoms with Crippen molar-refractivity contribution in [2.45, 2.75) is 32.6 Å². The van der Waals surface area contributed by atoms with Gasteiger partial charge in [-0.1, -0.05) is 37.1 Å². The summed E-state index contributed by atoms with van der Waals surface area (Å²) in [5.74, 6) is -1.29. The van der Waals surface area contributed by atoms with Gasteiger partial charge in [-0.05, 0) is 61.2 Å². The number of carbonyl (C=O) groups excluding carboxylic acids is 3. The van der Waals surface area contributed by atoms with Crippen molar-refractivity contribution in [1.29, 1.82) is 0 Å². The highest BCUT2D eigenvalue weighted by Gasteiger charge is 2.36. The Morgan fingerprint density at radius 3 is 2.23 bits per heavy atom. The van der Waals surface area contributed by atoms with Crippen LogP contribution in [0.5, 0.6) is 0 Å². The van der Waals surface area contributed by atoms with Gasteiger partial charge >= 0.3 is 6.03 Å². The SMILES string of the molecule is Cc1cccc(N2C(=O)NC(=O)/C(=C/c3ccc(N4CCCCCC4)cc3)C2=O)c1. The predicted octanol–water partition coefficient (Wildman–Crippen LogP) is 4.04. The van der Waals surface area contributed by atoms with E-state index < -0.39 is 17.8 Å². The van der Waals surface area contributed by atoms with Gasteiger partial charge < -0.3 is 4.90 Å². The predicted molar refractivity (Wildman–Crippen MR) is 117 cm³/mol. The molecule has 2 aliphatic heterocycles. The topological polar surface area (TPSA) is 69.7 Å². The Bertz CT molecular complexity index is 1000. The molecule has 2 fully saturated rings. The second-order valence-electron chi connectivity index (χ2n) is 7.79. The summed E-state index contributed by atoms with van der Waals surface area (Å²) < 4.78 is 0. The molecule has 0 atom stereocenters. The first kappa shape index (κ1) is 19.9. The van der Waals surface area contributed by atoms with Gasteiger partial charge in [0.15, 0.2) is 0 Å². The number of aryl methyl sites for hydroxylation is 1. The zero-order valence-corrected chi connectivity index (χ0v) is 17.1. The molecule has 30 heavy (non-hydrogen) atoms. The highest BCUT2D eigenvalue weighted by molar-refractivity contribution is 6.39. The molecule has 4 rings (SSSR count). The summed E-state index contributed by atoms with van der Waals surface area (Å²) in [6, 6.07) is 14.2. The third-order valence-electron chi connectivity index (χ3n) is 5.54. The maximum absolute atomic E-state index is 13.0. The van der Waals surface area contributed by atoms with Crippen LogP contribution in [0, 0.1) is 6.92 Å². The van der Waals surface area contributed by atoms with Gasteiger partial charge in [0.25, 0.3) is 11.8 Å². The number of anilines is 2. The van der Waals surface area contributed by atoms with E-state index >= 15 is 0 Å². The van der Waals surface area contributed by atoms with Crippen LogP contribution in [0.4, 0.5) is 16.2 Å². The first-order valence-corrected chi connectivity index (χ1v) is 10.4. The van der Waals surface area contributed by atoms with E-state index in [0.717, 1.165) is 34.8 Å². The Morgan fingerprint density at radius 1 is 0.867 bits per heavy atom. The van der Waals surface area contributed by atoms with E-state index in [4.69, 9.17) is 0 Å². The largest absolute Gasteiger partial charge is 0.372 e. The van der Waals surface area contributed by atoms with Crippen molar-refractivity contribution in [3.05, 3.63) is 65.2 Å². The molecule has 0 aromatic heterocycles. The number of imide groups is 2. The number of amides is 4. The van der Waals surface area contributed by atoms with Gasteiger partial charge in [0.05, 0.1) is 5.69 Å². The summed E-state index contributed by atoms with van der Waals surface area (Å²) in [7, 11) is 0. The van der Waals surface area contributed by atoms with Crippen molar-refractivity contribution < 1.29 is 14.4 Å². The number of carbonyl (C=O) groups is 3. The van der Waals surface area contributed by atoms with Crippen molar-refractivity contribution in [2.24, 2.45) is 0 Å². The Labute approximate surface area is 176 Å². The van der Waals surface area contributed by atoms with Gasteiger partial charge in [-0.15, -0.1) is 0 Å². The van der Waals surface area contributed by atoms with E-state index in [1.165, 1.54) is 25.7 Å². The molecule has 6 nitrogen and oxygen atoms in total. The maximum Gasteiger partial charge on any atom is 0.335 e. The number of rotatable bonds is 3. The van der Waals surface area contributed by atoms with Gasteiger partial charge in [0, 0.05) is 18.8 Å². The summed E-state index contributed by atoms with van der Waals surface area (Å²) in [5.41, 5.74) is 3.19. The smallest absolute Gasteiger partial charge is 0.335 e. The molecular formula is C24H25N3O3. The molecule has 4 amide bonds. The van der Waals surface area contributed by atoms with Crippen molar-refractivity contribution in [2.75, 3.05) is 22.9 Å². The van der Waals surface area contributed by atoms with Crippen LogP contribution in [0.25, 0.3) is 6.08 Å². The summed E-state index contributed by atoms with van der Waals surface area (Å²) in [6.45, 7) is 3.98. The molecule has 2 heterocycles. The fourth-order valence-corrected chi connectivity index (χ4v) is 3.94. The number of nitrogens with zero attached hydrogens (tertiary/aromatic N) is 2. The van der Waals surface area contributed by atoms with E-state index in [2.05, 4.69) is 10.2 Å². The average Bonchev–Trinajstić information content (AvgIpc) is 3.01. The van der Waals surface area contributed by atoms with Crippen LogP contribution in [0.15, 0.2) is 54.1 Å². The molecule has 6 heteroatoms. The molecule has 154 valence electrons. The number of nitrogens with one attached hydrogen (secondary N) is 1. The zero-order valence-electron chi connectivity index (χ0n) is 17.1. The summed E-state index contributed by atoms with van der Waals surface area (Å²) >= 11 is 0. The maximum atomic E-state index is 13.0. The van der Waals surface area contributed by atoms with E-state index in [1.54, 1.807) is 24.3 Å². The summed E-state index contributed by atoms with van der Waals surface area (Å²) in [6.07, 6.45) is 6.48. The molecule has 2 aromatic rings. The lowest BCUT2D eigenvalue weighted by Gasteiger charge is -2.26. The Hall–Kier alpha value is -3.41. The van der Waals surface area contributed by atoms with Crippen LogP contribution in [0.3, 0.4) is 0 Å². The quantitative estimate of drug-likeness (QED) is 0.620. The average molecular weight is 403 g/mol. The third-order valence-corrected chi connectivity index (χ3v) is 5.54. The van der Waals surface area contributed by atoms with E-state index in [9.17, 15) is 14.4 Å². The molecular weight excluding hydrogens is 378 g/mol. The second-order valence-corrected chi connectivity index (χ2v) is 7.79. The number of benzene rings is 2. The summed E-state index contributed by atoms with van der Waals surface area (Å²) in [5, 5.41) is 2.27. The molecule has 0 bridgehead atoms. The minimum Gasteiger partial charge on any atom is -0.372 e. The lowest BCUT2D eigenvalue weighted by Crippen LogP contribution is -2.54. The molecule has 0 aliphatic carbocycles. The Kier molecular flexibility index (Phi) is 5.65. The molecule has 0 radical (unpaired) electrons. The lowest BCUT2D eigenvalue weighted by atomic mass is 10.1. The molecule has 0 saturated carbocycles. The van der Waals surface area contributed by atoms with Crippen LogP contribution in [0.2, 0.25) is 0 Å². The van der Waals surface area contributed by atoms with Crippen LogP contribution in [0.1, 0.15) is 36.8 Å². The fourth-order valence-electron chi connectivity index (χ4n) is 3.94. The first-order chi connectivity index (χ1) is 14.5. The minimum absolute atomic E-state index is 0.0568. The second kappa shape index (κ2) is 8.53. The summed E-state index contributed by atoms with van der Waals surface area (Å²) in [4.78, 5) is 41.0. The van der Waals surface area contributed by atoms with Crippen molar-refractivity contribution in [3.63, 3.8) is 0 Å². The molecule has 0 unspecified atom stereocenters. The van der Waals surface area contributed by atoms with Gasteiger partial charge in [-0.2, -0.15) is 0 Å². The number of barbiturate groups is 1. The van der Waals surface area contributed by atoms with E-state index in [-0.39, 0.29) is 5.57 Å². The van der Waals surface area contributed by atoms with Gasteiger partial charge in [-0.25, -0.2) is 9.69 Å². The fraction of sp³-hybridized carbons (Fsp3) is 0.292. The van der Waals surface area contributed by atoms with Gasteiger partial charge in [0.1, 0.15) is 5.57 Å². The number of hydrogen-bond acceptors (Lipinski definition) is 4. The normalized spacial score (nSPS) is 19.1. The highest BCUT2D eigenvalue weighted by atomic mass is 16.2. The zero-order chi connectivity index (χ0) is 21.1. The highest BCUT2D eigenvalue weighted by Crippen LogP contribution is 2.24.